The Bertz CT molecular complexity index is 564. The zero-order chi connectivity index (χ0) is 15.8. The maximum absolute atomic E-state index is 11.4. The molecule has 0 atom stereocenters. The number of rotatable bonds is 4. The molecule has 0 aromatic heterocycles. The van der Waals surface area contributed by atoms with E-state index >= 15 is 0 Å². The molecule has 1 aromatic rings. The first kappa shape index (κ1) is 16.0. The van der Waals surface area contributed by atoms with Crippen LogP contribution in [0.25, 0.3) is 0 Å². The van der Waals surface area contributed by atoms with E-state index in [1.54, 1.807) is 13.8 Å². The molecular formula is C16H21ClO4. The van der Waals surface area contributed by atoms with Gasteiger partial charge < -0.3 is 14.6 Å². The van der Waals surface area contributed by atoms with Crippen LogP contribution in [-0.2, 0) is 11.2 Å². The molecule has 1 heterocycles. The molecule has 0 saturated heterocycles. The van der Waals surface area contributed by atoms with E-state index < -0.39 is 11.4 Å². The Kier molecular flexibility index (Phi) is 4.38. The third kappa shape index (κ3) is 3.10. The van der Waals surface area contributed by atoms with Crippen LogP contribution in [-0.4, -0.2) is 24.3 Å². The summed E-state index contributed by atoms with van der Waals surface area (Å²) < 4.78 is 11.2. The molecule has 116 valence electrons. The molecule has 0 fully saturated rings. The number of benzene rings is 1. The van der Waals surface area contributed by atoms with Crippen molar-refractivity contribution in [3.05, 3.63) is 22.2 Å². The lowest BCUT2D eigenvalue weighted by atomic mass is 9.82. The number of halogens is 1. The first-order valence-electron chi connectivity index (χ1n) is 7.08. The number of hydrogen-bond acceptors (Lipinski definition) is 3. The third-order valence-electron chi connectivity index (χ3n) is 3.69. The number of carbonyl (C=O) groups is 1. The zero-order valence-corrected chi connectivity index (χ0v) is 13.6. The number of aliphatic carboxylic acids is 1. The summed E-state index contributed by atoms with van der Waals surface area (Å²) in [4.78, 5) is 11.4. The summed E-state index contributed by atoms with van der Waals surface area (Å²) >= 11 is 6.48. The highest BCUT2D eigenvalue weighted by Gasteiger charge is 2.31. The van der Waals surface area contributed by atoms with Gasteiger partial charge in [0.2, 0.25) is 0 Å². The summed E-state index contributed by atoms with van der Waals surface area (Å²) in [5.74, 6) is 0.520. The lowest BCUT2D eigenvalue weighted by Gasteiger charge is -2.27. The summed E-state index contributed by atoms with van der Waals surface area (Å²) in [5.41, 5.74) is 0.985. The van der Waals surface area contributed by atoms with Gasteiger partial charge in [-0.15, -0.1) is 0 Å². The number of ether oxygens (including phenoxy) is 2. The molecule has 1 N–H and O–H groups in total. The molecule has 5 heteroatoms. The van der Waals surface area contributed by atoms with Gasteiger partial charge in [0.05, 0.1) is 10.4 Å². The van der Waals surface area contributed by atoms with E-state index in [0.29, 0.717) is 36.2 Å². The second kappa shape index (κ2) is 5.76. The summed E-state index contributed by atoms with van der Waals surface area (Å²) in [6, 6.07) is 1.88. The van der Waals surface area contributed by atoms with Crippen LogP contribution in [0, 0.1) is 5.41 Å². The quantitative estimate of drug-likeness (QED) is 0.916. The van der Waals surface area contributed by atoms with Crippen LogP contribution in [0.5, 0.6) is 11.5 Å². The number of hydrogen-bond donors (Lipinski definition) is 1. The van der Waals surface area contributed by atoms with Gasteiger partial charge in [-0.2, -0.15) is 0 Å². The van der Waals surface area contributed by atoms with Crippen LogP contribution >= 0.6 is 11.6 Å². The molecule has 0 radical (unpaired) electrons. The predicted octanol–water partition coefficient (Wildman–Crippen LogP) is 3.89. The molecule has 0 bridgehead atoms. The molecule has 2 rings (SSSR count). The van der Waals surface area contributed by atoms with E-state index in [2.05, 4.69) is 0 Å². The van der Waals surface area contributed by atoms with Crippen molar-refractivity contribution in [1.29, 1.82) is 0 Å². The highest BCUT2D eigenvalue weighted by Crippen LogP contribution is 2.45. The fraction of sp³-hybridized carbons (Fsp3) is 0.562. The maximum Gasteiger partial charge on any atom is 0.309 e. The first-order valence-corrected chi connectivity index (χ1v) is 7.46. The topological polar surface area (TPSA) is 55.8 Å². The molecule has 0 spiro atoms. The van der Waals surface area contributed by atoms with E-state index in [0.717, 1.165) is 11.1 Å². The monoisotopic (exact) mass is 312 g/mol. The van der Waals surface area contributed by atoms with E-state index in [9.17, 15) is 9.90 Å². The largest absolute Gasteiger partial charge is 0.486 e. The summed E-state index contributed by atoms with van der Waals surface area (Å²) in [6.07, 6.45) is 0.395. The maximum atomic E-state index is 11.4. The fourth-order valence-electron chi connectivity index (χ4n) is 2.53. The van der Waals surface area contributed by atoms with Crippen LogP contribution < -0.4 is 9.47 Å². The van der Waals surface area contributed by atoms with Crippen molar-refractivity contribution in [2.75, 3.05) is 13.2 Å². The number of carboxylic acid groups (broad SMARTS) is 1. The highest BCUT2D eigenvalue weighted by molar-refractivity contribution is 6.33. The van der Waals surface area contributed by atoms with Gasteiger partial charge in [0.1, 0.15) is 13.2 Å². The van der Waals surface area contributed by atoms with Crippen molar-refractivity contribution >= 4 is 17.6 Å². The predicted molar refractivity (Wildman–Crippen MR) is 81.7 cm³/mol. The van der Waals surface area contributed by atoms with Gasteiger partial charge in [0.25, 0.3) is 0 Å². The SMILES string of the molecule is CC(C)c1c(CC(C)(C)C(=O)O)cc2c(c1Cl)OCCO2. The van der Waals surface area contributed by atoms with E-state index in [1.807, 2.05) is 19.9 Å². The van der Waals surface area contributed by atoms with E-state index in [-0.39, 0.29) is 5.92 Å². The minimum atomic E-state index is -0.864. The molecular weight excluding hydrogens is 292 g/mol. The Labute approximate surface area is 130 Å². The second-order valence-electron chi connectivity index (χ2n) is 6.31. The molecule has 21 heavy (non-hydrogen) atoms. The van der Waals surface area contributed by atoms with Gasteiger partial charge in [0.15, 0.2) is 11.5 Å². The van der Waals surface area contributed by atoms with E-state index in [4.69, 9.17) is 21.1 Å². The first-order chi connectivity index (χ1) is 9.74. The molecule has 1 aliphatic heterocycles. The molecule has 1 aromatic carbocycles. The van der Waals surface area contributed by atoms with Crippen molar-refractivity contribution in [2.45, 2.75) is 40.0 Å². The molecule has 0 aliphatic carbocycles. The van der Waals surface area contributed by atoms with Gasteiger partial charge in [-0.25, -0.2) is 0 Å². The number of carboxylic acids is 1. The lowest BCUT2D eigenvalue weighted by Crippen LogP contribution is -2.27. The van der Waals surface area contributed by atoms with Gasteiger partial charge in [-0.05, 0) is 43.4 Å². The third-order valence-corrected chi connectivity index (χ3v) is 4.06. The van der Waals surface area contributed by atoms with Gasteiger partial charge in [0, 0.05) is 0 Å². The van der Waals surface area contributed by atoms with Crippen molar-refractivity contribution in [3.8, 4) is 11.5 Å². The fourth-order valence-corrected chi connectivity index (χ4v) is 3.02. The Morgan fingerprint density at radius 2 is 2.00 bits per heavy atom. The van der Waals surface area contributed by atoms with E-state index in [1.165, 1.54) is 0 Å². The second-order valence-corrected chi connectivity index (χ2v) is 6.69. The van der Waals surface area contributed by atoms with Crippen LogP contribution in [0.4, 0.5) is 0 Å². The van der Waals surface area contributed by atoms with Crippen molar-refractivity contribution in [1.82, 2.24) is 0 Å². The standard InChI is InChI=1S/C16H21ClO4/c1-9(2)12-10(8-16(3,4)15(18)19)7-11-14(13(12)17)21-6-5-20-11/h7,9H,5-6,8H2,1-4H3,(H,18,19). The average molecular weight is 313 g/mol. The zero-order valence-electron chi connectivity index (χ0n) is 12.8. The minimum Gasteiger partial charge on any atom is -0.486 e. The van der Waals surface area contributed by atoms with Gasteiger partial charge in [-0.1, -0.05) is 25.4 Å². The highest BCUT2D eigenvalue weighted by atomic mass is 35.5. The molecule has 1 aliphatic rings. The Morgan fingerprint density at radius 1 is 1.38 bits per heavy atom. The van der Waals surface area contributed by atoms with Crippen LogP contribution in [0.15, 0.2) is 6.07 Å². The number of fused-ring (bicyclic) bond motifs is 1. The average Bonchev–Trinajstić information content (AvgIpc) is 2.37. The summed E-state index contributed by atoms with van der Waals surface area (Å²) in [7, 11) is 0. The van der Waals surface area contributed by atoms with Crippen molar-refractivity contribution in [2.24, 2.45) is 5.41 Å². The minimum absolute atomic E-state index is 0.174. The van der Waals surface area contributed by atoms with Crippen LogP contribution in [0.3, 0.4) is 0 Å². The molecule has 0 amide bonds. The molecule has 4 nitrogen and oxygen atoms in total. The molecule has 0 unspecified atom stereocenters. The normalized spacial score (nSPS) is 14.4. The molecule has 0 saturated carbocycles. The summed E-state index contributed by atoms with van der Waals surface area (Å²) in [5, 5.41) is 9.89. The van der Waals surface area contributed by atoms with Crippen LogP contribution in [0.2, 0.25) is 5.02 Å². The Morgan fingerprint density at radius 3 is 2.57 bits per heavy atom. The lowest BCUT2D eigenvalue weighted by molar-refractivity contribution is -0.146. The Balaban J connectivity index is 2.54. The smallest absolute Gasteiger partial charge is 0.309 e. The van der Waals surface area contributed by atoms with Crippen molar-refractivity contribution in [3.63, 3.8) is 0 Å². The van der Waals surface area contributed by atoms with Gasteiger partial charge >= 0.3 is 5.97 Å². The Hall–Kier alpha value is -1.42. The van der Waals surface area contributed by atoms with Gasteiger partial charge in [-0.3, -0.25) is 4.79 Å². The van der Waals surface area contributed by atoms with Crippen molar-refractivity contribution < 1.29 is 19.4 Å². The van der Waals surface area contributed by atoms with Crippen LogP contribution in [0.1, 0.15) is 44.7 Å². The summed E-state index contributed by atoms with van der Waals surface area (Å²) in [6.45, 7) is 8.45.